The van der Waals surface area contributed by atoms with Gasteiger partial charge in [-0.05, 0) is 36.6 Å². The Labute approximate surface area is 152 Å². The van der Waals surface area contributed by atoms with Crippen LogP contribution >= 0.6 is 11.6 Å². The van der Waals surface area contributed by atoms with E-state index in [-0.39, 0.29) is 12.0 Å². The van der Waals surface area contributed by atoms with E-state index in [0.29, 0.717) is 30.2 Å². The minimum absolute atomic E-state index is 0.0242. The van der Waals surface area contributed by atoms with Crippen LogP contribution in [-0.4, -0.2) is 24.7 Å². The summed E-state index contributed by atoms with van der Waals surface area (Å²) in [7, 11) is 0. The van der Waals surface area contributed by atoms with Gasteiger partial charge in [0.2, 0.25) is 0 Å². The van der Waals surface area contributed by atoms with Crippen LogP contribution in [0.2, 0.25) is 5.02 Å². The molecule has 6 heteroatoms. The maximum absolute atomic E-state index is 12.2. The van der Waals surface area contributed by atoms with E-state index in [9.17, 15) is 4.79 Å². The summed E-state index contributed by atoms with van der Waals surface area (Å²) in [6.45, 7) is 1.13. The number of anilines is 2. The minimum Gasteiger partial charge on any atom is -0.380 e. The lowest BCUT2D eigenvalue weighted by atomic mass is 10.2. The maximum Gasteiger partial charge on any atom is 0.253 e. The van der Waals surface area contributed by atoms with Crippen LogP contribution in [0.4, 0.5) is 11.4 Å². The average molecular weight is 360 g/mol. The third-order valence-corrected chi connectivity index (χ3v) is 4.54. The zero-order valence-electron chi connectivity index (χ0n) is 13.9. The molecular weight excluding hydrogens is 338 g/mol. The summed E-state index contributed by atoms with van der Waals surface area (Å²) >= 11 is 6.32. The van der Waals surface area contributed by atoms with Crippen LogP contribution in [0.15, 0.2) is 48.5 Å². The molecule has 1 aliphatic heterocycles. The third-order valence-electron chi connectivity index (χ3n) is 4.23. The van der Waals surface area contributed by atoms with Crippen LogP contribution in [0, 0.1) is 0 Å². The van der Waals surface area contributed by atoms with Gasteiger partial charge in [0.25, 0.3) is 5.91 Å². The number of ether oxygens (including phenoxy) is 1. The molecule has 2 aromatic carbocycles. The zero-order valence-corrected chi connectivity index (χ0v) is 14.6. The number of carbonyl (C=O) groups is 1. The molecular formula is C19H22ClN3O2. The summed E-state index contributed by atoms with van der Waals surface area (Å²) in [5.41, 5.74) is 8.22. The van der Waals surface area contributed by atoms with Crippen molar-refractivity contribution >= 4 is 28.9 Å². The normalized spacial score (nSPS) is 19.6. The molecule has 1 amide bonds. The molecule has 0 radical (unpaired) electrons. The van der Waals surface area contributed by atoms with Gasteiger partial charge in [0.1, 0.15) is 6.10 Å². The summed E-state index contributed by atoms with van der Waals surface area (Å²) in [6.07, 6.45) is 1.04. The first-order valence-electron chi connectivity index (χ1n) is 8.39. The summed E-state index contributed by atoms with van der Waals surface area (Å²) in [6, 6.07) is 15.5. The van der Waals surface area contributed by atoms with Gasteiger partial charge >= 0.3 is 0 Å². The van der Waals surface area contributed by atoms with Gasteiger partial charge < -0.3 is 21.1 Å². The van der Waals surface area contributed by atoms with Gasteiger partial charge in [-0.2, -0.15) is 0 Å². The number of hydrogen-bond donors (Lipinski definition) is 3. The van der Waals surface area contributed by atoms with E-state index in [1.165, 1.54) is 5.56 Å². The third kappa shape index (κ3) is 4.72. The van der Waals surface area contributed by atoms with E-state index in [1.807, 2.05) is 42.5 Å². The predicted molar refractivity (Wildman–Crippen MR) is 101 cm³/mol. The average Bonchev–Trinajstić information content (AvgIpc) is 3.11. The first-order valence-corrected chi connectivity index (χ1v) is 8.77. The van der Waals surface area contributed by atoms with Gasteiger partial charge in [-0.1, -0.05) is 41.9 Å². The highest BCUT2D eigenvalue weighted by molar-refractivity contribution is 6.33. The highest BCUT2D eigenvalue weighted by atomic mass is 35.5. The van der Waals surface area contributed by atoms with Crippen molar-refractivity contribution in [2.24, 2.45) is 5.73 Å². The van der Waals surface area contributed by atoms with Gasteiger partial charge in [-0.3, -0.25) is 4.79 Å². The number of benzene rings is 2. The van der Waals surface area contributed by atoms with Crippen molar-refractivity contribution in [2.45, 2.75) is 31.6 Å². The van der Waals surface area contributed by atoms with Crippen molar-refractivity contribution in [3.05, 3.63) is 59.1 Å². The second-order valence-electron chi connectivity index (χ2n) is 6.08. The van der Waals surface area contributed by atoms with Crippen molar-refractivity contribution < 1.29 is 9.53 Å². The van der Waals surface area contributed by atoms with Crippen molar-refractivity contribution in [3.8, 4) is 0 Å². The molecule has 2 atom stereocenters. The lowest BCUT2D eigenvalue weighted by molar-refractivity contribution is -0.126. The first-order chi connectivity index (χ1) is 12.2. The standard InChI is InChI=1S/C19H22ClN3O2/c20-16-10-14(23-19(24)18-9-7-15(11-21)25-18)6-8-17(16)22-12-13-4-2-1-3-5-13/h1-6,8,10,15,18,22H,7,9,11-12,21H2,(H,23,24)/t15-,18+/m1/s1. The van der Waals surface area contributed by atoms with Crippen molar-refractivity contribution in [1.29, 1.82) is 0 Å². The van der Waals surface area contributed by atoms with Gasteiger partial charge in [0.15, 0.2) is 0 Å². The SMILES string of the molecule is NC[C@H]1CC[C@@H](C(=O)Nc2ccc(NCc3ccccc3)c(Cl)c2)O1. The van der Waals surface area contributed by atoms with Gasteiger partial charge in [0, 0.05) is 18.8 Å². The van der Waals surface area contributed by atoms with E-state index in [1.54, 1.807) is 6.07 Å². The molecule has 5 nitrogen and oxygen atoms in total. The predicted octanol–water partition coefficient (Wildman–Crippen LogP) is 3.40. The summed E-state index contributed by atoms with van der Waals surface area (Å²) in [4.78, 5) is 12.2. The van der Waals surface area contributed by atoms with Crippen LogP contribution in [0.25, 0.3) is 0 Å². The Morgan fingerprint density at radius 2 is 2.00 bits per heavy atom. The second-order valence-corrected chi connectivity index (χ2v) is 6.49. The molecule has 1 saturated heterocycles. The van der Waals surface area contributed by atoms with E-state index in [4.69, 9.17) is 22.1 Å². The van der Waals surface area contributed by atoms with E-state index in [0.717, 1.165) is 12.1 Å². The fourth-order valence-corrected chi connectivity index (χ4v) is 3.07. The molecule has 1 fully saturated rings. The second kappa shape index (κ2) is 8.34. The topological polar surface area (TPSA) is 76.4 Å². The Bertz CT molecular complexity index is 724. The number of amides is 1. The maximum atomic E-state index is 12.2. The van der Waals surface area contributed by atoms with Crippen LogP contribution in [0.3, 0.4) is 0 Å². The molecule has 25 heavy (non-hydrogen) atoms. The molecule has 0 unspecified atom stereocenters. The fraction of sp³-hybridized carbons (Fsp3) is 0.316. The lowest BCUT2D eigenvalue weighted by Crippen LogP contribution is -2.29. The zero-order chi connectivity index (χ0) is 17.6. The number of hydrogen-bond acceptors (Lipinski definition) is 4. The monoisotopic (exact) mass is 359 g/mol. The summed E-state index contributed by atoms with van der Waals surface area (Å²) in [5, 5.41) is 6.70. The minimum atomic E-state index is -0.441. The largest absolute Gasteiger partial charge is 0.380 e. The van der Waals surface area contributed by atoms with Crippen LogP contribution in [0.1, 0.15) is 18.4 Å². The molecule has 2 aromatic rings. The van der Waals surface area contributed by atoms with Gasteiger partial charge in [0.05, 0.1) is 16.8 Å². The highest BCUT2D eigenvalue weighted by Gasteiger charge is 2.29. The number of halogens is 1. The van der Waals surface area contributed by atoms with Gasteiger partial charge in [-0.25, -0.2) is 0 Å². The number of carbonyl (C=O) groups excluding carboxylic acids is 1. The van der Waals surface area contributed by atoms with Crippen molar-refractivity contribution in [1.82, 2.24) is 0 Å². The van der Waals surface area contributed by atoms with Crippen molar-refractivity contribution in [3.63, 3.8) is 0 Å². The van der Waals surface area contributed by atoms with E-state index >= 15 is 0 Å². The molecule has 0 bridgehead atoms. The number of nitrogens with two attached hydrogens (primary N) is 1. The number of rotatable bonds is 6. The molecule has 0 aliphatic carbocycles. The molecule has 0 saturated carbocycles. The van der Waals surface area contributed by atoms with Crippen LogP contribution < -0.4 is 16.4 Å². The van der Waals surface area contributed by atoms with E-state index < -0.39 is 6.10 Å². The van der Waals surface area contributed by atoms with Crippen LogP contribution in [0.5, 0.6) is 0 Å². The molecule has 4 N–H and O–H groups in total. The smallest absolute Gasteiger partial charge is 0.253 e. The molecule has 1 aliphatic rings. The number of nitrogens with one attached hydrogen (secondary N) is 2. The Morgan fingerprint density at radius 3 is 2.68 bits per heavy atom. The molecule has 1 heterocycles. The fourth-order valence-electron chi connectivity index (χ4n) is 2.82. The molecule has 132 valence electrons. The van der Waals surface area contributed by atoms with Crippen molar-refractivity contribution in [2.75, 3.05) is 17.2 Å². The van der Waals surface area contributed by atoms with E-state index in [2.05, 4.69) is 10.6 Å². The Hall–Kier alpha value is -2.08. The molecule has 0 spiro atoms. The molecule has 3 rings (SSSR count). The highest BCUT2D eigenvalue weighted by Crippen LogP contribution is 2.27. The quantitative estimate of drug-likeness (QED) is 0.738. The first kappa shape index (κ1) is 17.7. The summed E-state index contributed by atoms with van der Waals surface area (Å²) < 4.78 is 5.60. The van der Waals surface area contributed by atoms with Crippen LogP contribution in [-0.2, 0) is 16.1 Å². The Kier molecular flexibility index (Phi) is 5.91. The summed E-state index contributed by atoms with van der Waals surface area (Å²) in [5.74, 6) is -0.156. The Balaban J connectivity index is 1.57. The molecule has 0 aromatic heterocycles. The lowest BCUT2D eigenvalue weighted by Gasteiger charge is -2.14. The Morgan fingerprint density at radius 1 is 1.20 bits per heavy atom. The van der Waals surface area contributed by atoms with Gasteiger partial charge in [-0.15, -0.1) is 0 Å².